The number of rotatable bonds is 8. The highest BCUT2D eigenvalue weighted by Gasteiger charge is 2.18. The van der Waals surface area contributed by atoms with Gasteiger partial charge in [-0.1, -0.05) is 37.3 Å². The van der Waals surface area contributed by atoms with Crippen LogP contribution in [0.4, 0.5) is 5.69 Å². The van der Waals surface area contributed by atoms with Crippen molar-refractivity contribution in [2.24, 2.45) is 0 Å². The van der Waals surface area contributed by atoms with Crippen LogP contribution in [0.25, 0.3) is 0 Å². The molecule has 0 aliphatic carbocycles. The SMILES string of the molecule is CCC(=O)Nc1ccc(S(=O)(=O)NCC(O)Cc2ccccc2)c(C)c1. The Morgan fingerprint density at radius 3 is 2.46 bits per heavy atom. The van der Waals surface area contributed by atoms with E-state index in [1.165, 1.54) is 6.07 Å². The highest BCUT2D eigenvalue weighted by atomic mass is 32.2. The zero-order chi connectivity index (χ0) is 19.2. The van der Waals surface area contributed by atoms with Crippen LogP contribution < -0.4 is 10.0 Å². The number of aliphatic hydroxyl groups excluding tert-OH is 1. The Morgan fingerprint density at radius 2 is 1.85 bits per heavy atom. The van der Waals surface area contributed by atoms with E-state index in [2.05, 4.69) is 10.0 Å². The van der Waals surface area contributed by atoms with E-state index in [0.29, 0.717) is 24.1 Å². The summed E-state index contributed by atoms with van der Waals surface area (Å²) in [5.74, 6) is -0.137. The Balaban J connectivity index is 2.01. The van der Waals surface area contributed by atoms with Crippen LogP contribution in [0.2, 0.25) is 0 Å². The molecule has 2 aromatic rings. The van der Waals surface area contributed by atoms with E-state index in [1.807, 2.05) is 30.3 Å². The lowest BCUT2D eigenvalue weighted by Gasteiger charge is -2.14. The largest absolute Gasteiger partial charge is 0.391 e. The molecule has 0 saturated heterocycles. The Morgan fingerprint density at radius 1 is 1.15 bits per heavy atom. The van der Waals surface area contributed by atoms with Gasteiger partial charge in [-0.25, -0.2) is 13.1 Å². The van der Waals surface area contributed by atoms with Gasteiger partial charge >= 0.3 is 0 Å². The normalized spacial score (nSPS) is 12.6. The fourth-order valence-corrected chi connectivity index (χ4v) is 3.82. The number of carbonyl (C=O) groups excluding carboxylic acids is 1. The Hall–Kier alpha value is -2.22. The fraction of sp³-hybridized carbons (Fsp3) is 0.316. The van der Waals surface area contributed by atoms with E-state index in [4.69, 9.17) is 0 Å². The van der Waals surface area contributed by atoms with Gasteiger partial charge in [0.05, 0.1) is 11.0 Å². The van der Waals surface area contributed by atoms with E-state index in [-0.39, 0.29) is 17.3 Å². The molecule has 0 heterocycles. The summed E-state index contributed by atoms with van der Waals surface area (Å²) in [7, 11) is -3.75. The van der Waals surface area contributed by atoms with E-state index in [0.717, 1.165) is 5.56 Å². The molecule has 6 nitrogen and oxygen atoms in total. The molecule has 0 bridgehead atoms. The Labute approximate surface area is 154 Å². The van der Waals surface area contributed by atoms with Gasteiger partial charge in [0.25, 0.3) is 0 Å². The Bertz CT molecular complexity index is 851. The number of benzene rings is 2. The summed E-state index contributed by atoms with van der Waals surface area (Å²) in [5, 5.41) is 12.8. The number of carbonyl (C=O) groups is 1. The van der Waals surface area contributed by atoms with Gasteiger partial charge in [-0.15, -0.1) is 0 Å². The fourth-order valence-electron chi connectivity index (χ4n) is 2.52. The third-order valence-corrected chi connectivity index (χ3v) is 5.48. The van der Waals surface area contributed by atoms with Gasteiger partial charge in [0.2, 0.25) is 15.9 Å². The van der Waals surface area contributed by atoms with Crippen LogP contribution in [0.5, 0.6) is 0 Å². The minimum Gasteiger partial charge on any atom is -0.391 e. The molecule has 26 heavy (non-hydrogen) atoms. The van der Waals surface area contributed by atoms with Gasteiger partial charge < -0.3 is 10.4 Å². The molecule has 1 amide bonds. The number of nitrogens with one attached hydrogen (secondary N) is 2. The minimum atomic E-state index is -3.75. The van der Waals surface area contributed by atoms with Gasteiger partial charge in [0.15, 0.2) is 0 Å². The van der Waals surface area contributed by atoms with Crippen molar-refractivity contribution in [3.05, 3.63) is 59.7 Å². The zero-order valence-electron chi connectivity index (χ0n) is 14.9. The molecule has 0 aliphatic rings. The molecule has 0 saturated carbocycles. The predicted molar refractivity (Wildman–Crippen MR) is 101 cm³/mol. The molecule has 0 aromatic heterocycles. The molecular formula is C19H24N2O4S. The molecule has 1 unspecified atom stereocenters. The molecule has 0 fully saturated rings. The van der Waals surface area contributed by atoms with Gasteiger partial charge in [-0.3, -0.25) is 4.79 Å². The topological polar surface area (TPSA) is 95.5 Å². The predicted octanol–water partition coefficient (Wildman–Crippen LogP) is 2.23. The summed E-state index contributed by atoms with van der Waals surface area (Å²) >= 11 is 0. The van der Waals surface area contributed by atoms with Crippen LogP contribution in [-0.2, 0) is 21.2 Å². The van der Waals surface area contributed by atoms with E-state index < -0.39 is 16.1 Å². The molecule has 3 N–H and O–H groups in total. The lowest BCUT2D eigenvalue weighted by atomic mass is 10.1. The quantitative estimate of drug-likeness (QED) is 0.658. The van der Waals surface area contributed by atoms with Crippen LogP contribution in [0.1, 0.15) is 24.5 Å². The monoisotopic (exact) mass is 376 g/mol. The summed E-state index contributed by atoms with van der Waals surface area (Å²) < 4.78 is 27.4. The highest BCUT2D eigenvalue weighted by molar-refractivity contribution is 7.89. The average Bonchev–Trinajstić information content (AvgIpc) is 2.60. The number of anilines is 1. The first-order valence-electron chi connectivity index (χ1n) is 8.44. The van der Waals surface area contributed by atoms with Crippen LogP contribution >= 0.6 is 0 Å². The lowest BCUT2D eigenvalue weighted by molar-refractivity contribution is -0.115. The molecule has 0 radical (unpaired) electrons. The summed E-state index contributed by atoms with van der Waals surface area (Å²) in [5.41, 5.74) is 2.01. The standard InChI is InChI=1S/C19H24N2O4S/c1-3-19(23)21-16-9-10-18(14(2)11-16)26(24,25)20-13-17(22)12-15-7-5-4-6-8-15/h4-11,17,20,22H,3,12-13H2,1-2H3,(H,21,23). The second-order valence-electron chi connectivity index (χ2n) is 6.08. The summed E-state index contributed by atoms with van der Waals surface area (Å²) in [6.07, 6.45) is -0.111. The number of aryl methyl sites for hydroxylation is 1. The first-order chi connectivity index (χ1) is 12.3. The third kappa shape index (κ3) is 5.66. The maximum absolute atomic E-state index is 12.5. The van der Waals surface area contributed by atoms with Crippen LogP contribution in [0.15, 0.2) is 53.4 Å². The van der Waals surface area contributed by atoms with Crippen LogP contribution in [-0.4, -0.2) is 32.1 Å². The first kappa shape index (κ1) is 20.1. The highest BCUT2D eigenvalue weighted by Crippen LogP contribution is 2.20. The van der Waals surface area contributed by atoms with Gasteiger partial charge in [-0.05, 0) is 42.7 Å². The van der Waals surface area contributed by atoms with Gasteiger partial charge in [0.1, 0.15) is 0 Å². The van der Waals surface area contributed by atoms with Crippen molar-refractivity contribution in [1.82, 2.24) is 4.72 Å². The molecule has 2 rings (SSSR count). The number of aliphatic hydroxyl groups is 1. The number of hydrogen-bond donors (Lipinski definition) is 3. The first-order valence-corrected chi connectivity index (χ1v) is 9.92. The van der Waals surface area contributed by atoms with Crippen molar-refractivity contribution >= 4 is 21.6 Å². The maximum atomic E-state index is 12.5. The molecular weight excluding hydrogens is 352 g/mol. The summed E-state index contributed by atoms with van der Waals surface area (Å²) in [4.78, 5) is 11.6. The summed E-state index contributed by atoms with van der Waals surface area (Å²) in [6, 6.07) is 14.0. The second kappa shape index (κ2) is 8.93. The summed E-state index contributed by atoms with van der Waals surface area (Å²) in [6.45, 7) is 3.33. The van der Waals surface area contributed by atoms with Crippen LogP contribution in [0.3, 0.4) is 0 Å². The van der Waals surface area contributed by atoms with Crippen molar-refractivity contribution in [1.29, 1.82) is 0 Å². The molecule has 7 heteroatoms. The number of amides is 1. The van der Waals surface area contributed by atoms with Crippen molar-refractivity contribution in [3.63, 3.8) is 0 Å². The molecule has 2 aromatic carbocycles. The zero-order valence-corrected chi connectivity index (χ0v) is 15.7. The third-order valence-electron chi connectivity index (χ3n) is 3.89. The number of hydrogen-bond acceptors (Lipinski definition) is 4. The number of sulfonamides is 1. The van der Waals surface area contributed by atoms with E-state index in [9.17, 15) is 18.3 Å². The molecule has 140 valence electrons. The maximum Gasteiger partial charge on any atom is 0.240 e. The van der Waals surface area contributed by atoms with Crippen molar-refractivity contribution < 1.29 is 18.3 Å². The lowest BCUT2D eigenvalue weighted by Crippen LogP contribution is -2.33. The van der Waals surface area contributed by atoms with Crippen LogP contribution in [0, 0.1) is 6.92 Å². The molecule has 0 aliphatic heterocycles. The van der Waals surface area contributed by atoms with Gasteiger partial charge in [-0.2, -0.15) is 0 Å². The minimum absolute atomic E-state index is 0.0784. The molecule has 0 spiro atoms. The smallest absolute Gasteiger partial charge is 0.240 e. The average molecular weight is 376 g/mol. The van der Waals surface area contributed by atoms with Crippen molar-refractivity contribution in [2.75, 3.05) is 11.9 Å². The van der Waals surface area contributed by atoms with Crippen molar-refractivity contribution in [3.8, 4) is 0 Å². The van der Waals surface area contributed by atoms with Gasteiger partial charge in [0, 0.05) is 18.7 Å². The van der Waals surface area contributed by atoms with E-state index in [1.54, 1.807) is 26.0 Å². The second-order valence-corrected chi connectivity index (χ2v) is 7.81. The van der Waals surface area contributed by atoms with Crippen molar-refractivity contribution in [2.45, 2.75) is 37.7 Å². The Kier molecular flexibility index (Phi) is 6.90. The molecule has 1 atom stereocenters. The van der Waals surface area contributed by atoms with E-state index >= 15 is 0 Å².